The molecular formula is C21H26N2O3S. The SMILES string of the molecule is CC1CCCN(S(=O)(=O)c2cccc(C(=O)NC(C)c3ccccc3)c2)C1. The van der Waals surface area contributed by atoms with Crippen molar-refractivity contribution in [2.75, 3.05) is 13.1 Å². The van der Waals surface area contributed by atoms with Gasteiger partial charge in [0.05, 0.1) is 10.9 Å². The molecule has 2 aromatic carbocycles. The Balaban J connectivity index is 1.77. The molecule has 144 valence electrons. The van der Waals surface area contributed by atoms with Gasteiger partial charge < -0.3 is 5.32 Å². The average Bonchev–Trinajstić information content (AvgIpc) is 2.68. The number of hydrogen-bond acceptors (Lipinski definition) is 3. The third-order valence-electron chi connectivity index (χ3n) is 5.00. The van der Waals surface area contributed by atoms with Crippen molar-refractivity contribution in [1.82, 2.24) is 9.62 Å². The molecule has 2 atom stereocenters. The van der Waals surface area contributed by atoms with Crippen LogP contribution >= 0.6 is 0 Å². The molecule has 2 unspecified atom stereocenters. The van der Waals surface area contributed by atoms with Crippen LogP contribution in [0.2, 0.25) is 0 Å². The van der Waals surface area contributed by atoms with Crippen LogP contribution in [0, 0.1) is 5.92 Å². The Morgan fingerprint density at radius 3 is 2.59 bits per heavy atom. The standard InChI is InChI=1S/C21H26N2O3S/c1-16-8-7-13-23(15-16)27(25,26)20-12-6-11-19(14-20)21(24)22-17(2)18-9-4-3-5-10-18/h3-6,9-12,14,16-17H,7-8,13,15H2,1-2H3,(H,22,24). The highest BCUT2D eigenvalue weighted by atomic mass is 32.2. The second-order valence-corrected chi connectivity index (χ2v) is 9.18. The smallest absolute Gasteiger partial charge is 0.251 e. The highest BCUT2D eigenvalue weighted by molar-refractivity contribution is 7.89. The molecule has 1 heterocycles. The highest BCUT2D eigenvalue weighted by Gasteiger charge is 2.29. The normalized spacial score (nSPS) is 19.4. The first kappa shape index (κ1) is 19.6. The van der Waals surface area contributed by atoms with Crippen molar-refractivity contribution < 1.29 is 13.2 Å². The maximum absolute atomic E-state index is 12.9. The van der Waals surface area contributed by atoms with Crippen molar-refractivity contribution >= 4 is 15.9 Å². The number of carbonyl (C=O) groups is 1. The molecule has 1 N–H and O–H groups in total. The number of carbonyl (C=O) groups excluding carboxylic acids is 1. The Morgan fingerprint density at radius 2 is 1.89 bits per heavy atom. The number of sulfonamides is 1. The minimum absolute atomic E-state index is 0.165. The molecule has 1 amide bonds. The first-order valence-electron chi connectivity index (χ1n) is 9.34. The van der Waals surface area contributed by atoms with Gasteiger partial charge >= 0.3 is 0 Å². The minimum atomic E-state index is -3.58. The molecule has 3 rings (SSSR count). The Labute approximate surface area is 161 Å². The van der Waals surface area contributed by atoms with Crippen LogP contribution < -0.4 is 5.32 Å². The summed E-state index contributed by atoms with van der Waals surface area (Å²) in [4.78, 5) is 12.8. The topological polar surface area (TPSA) is 66.5 Å². The maximum atomic E-state index is 12.9. The van der Waals surface area contributed by atoms with Gasteiger partial charge in [-0.15, -0.1) is 0 Å². The van der Waals surface area contributed by atoms with Crippen LogP contribution in [0.15, 0.2) is 59.5 Å². The van der Waals surface area contributed by atoms with Crippen LogP contribution in [0.5, 0.6) is 0 Å². The third-order valence-corrected chi connectivity index (χ3v) is 6.86. The third kappa shape index (κ3) is 4.57. The van der Waals surface area contributed by atoms with Crippen molar-refractivity contribution in [3.05, 3.63) is 65.7 Å². The predicted octanol–water partition coefficient (Wildman–Crippen LogP) is 3.60. The minimum Gasteiger partial charge on any atom is -0.346 e. The molecule has 6 heteroatoms. The van der Waals surface area contributed by atoms with Crippen LogP contribution in [0.25, 0.3) is 0 Å². The highest BCUT2D eigenvalue weighted by Crippen LogP contribution is 2.24. The van der Waals surface area contributed by atoms with E-state index in [1.54, 1.807) is 18.2 Å². The Kier molecular flexibility index (Phi) is 5.97. The van der Waals surface area contributed by atoms with Crippen LogP contribution in [-0.4, -0.2) is 31.7 Å². The van der Waals surface area contributed by atoms with E-state index in [1.807, 2.05) is 37.3 Å². The van der Waals surface area contributed by atoms with E-state index in [0.717, 1.165) is 18.4 Å². The van der Waals surface area contributed by atoms with Gasteiger partial charge in [-0.3, -0.25) is 4.79 Å². The molecule has 0 saturated carbocycles. The van der Waals surface area contributed by atoms with Gasteiger partial charge in [-0.2, -0.15) is 4.31 Å². The van der Waals surface area contributed by atoms with Gasteiger partial charge in [0.25, 0.3) is 5.91 Å². The summed E-state index contributed by atoms with van der Waals surface area (Å²) >= 11 is 0. The molecule has 1 aliphatic rings. The lowest BCUT2D eigenvalue weighted by Crippen LogP contribution is -2.39. The molecule has 27 heavy (non-hydrogen) atoms. The van der Waals surface area contributed by atoms with Gasteiger partial charge in [0.1, 0.15) is 0 Å². The van der Waals surface area contributed by atoms with Gasteiger partial charge in [0, 0.05) is 18.7 Å². The summed E-state index contributed by atoms with van der Waals surface area (Å²) in [7, 11) is -3.58. The molecule has 0 aromatic heterocycles. The molecule has 0 radical (unpaired) electrons. The number of nitrogens with one attached hydrogen (secondary N) is 1. The van der Waals surface area contributed by atoms with Crippen LogP contribution in [0.1, 0.15) is 48.7 Å². The molecule has 0 spiro atoms. The molecule has 1 saturated heterocycles. The summed E-state index contributed by atoms with van der Waals surface area (Å²) in [5.41, 5.74) is 1.35. The molecule has 2 aromatic rings. The van der Waals surface area contributed by atoms with Crippen molar-refractivity contribution in [1.29, 1.82) is 0 Å². The number of rotatable bonds is 5. The zero-order valence-electron chi connectivity index (χ0n) is 15.8. The predicted molar refractivity (Wildman–Crippen MR) is 106 cm³/mol. The summed E-state index contributed by atoms with van der Waals surface area (Å²) in [6, 6.07) is 15.8. The molecule has 5 nitrogen and oxygen atoms in total. The van der Waals surface area contributed by atoms with Gasteiger partial charge in [-0.05, 0) is 49.4 Å². The van der Waals surface area contributed by atoms with Crippen molar-refractivity contribution in [3.63, 3.8) is 0 Å². The van der Waals surface area contributed by atoms with E-state index in [0.29, 0.717) is 24.6 Å². The van der Waals surface area contributed by atoms with Gasteiger partial charge in [0.15, 0.2) is 0 Å². The van der Waals surface area contributed by atoms with Crippen LogP contribution in [-0.2, 0) is 10.0 Å². The number of benzene rings is 2. The van der Waals surface area contributed by atoms with Gasteiger partial charge in [-0.1, -0.05) is 43.3 Å². The van der Waals surface area contributed by atoms with Crippen LogP contribution in [0.4, 0.5) is 0 Å². The second kappa shape index (κ2) is 8.23. The average molecular weight is 387 g/mol. The molecular weight excluding hydrogens is 360 g/mol. The second-order valence-electron chi connectivity index (χ2n) is 7.24. The summed E-state index contributed by atoms with van der Waals surface area (Å²) in [6.07, 6.45) is 1.92. The Hall–Kier alpha value is -2.18. The summed E-state index contributed by atoms with van der Waals surface area (Å²) in [6.45, 7) is 5.04. The Morgan fingerprint density at radius 1 is 1.15 bits per heavy atom. The van der Waals surface area contributed by atoms with E-state index in [1.165, 1.54) is 10.4 Å². The largest absolute Gasteiger partial charge is 0.346 e. The molecule has 0 aliphatic carbocycles. The van der Waals surface area contributed by atoms with Crippen molar-refractivity contribution in [2.24, 2.45) is 5.92 Å². The lowest BCUT2D eigenvalue weighted by atomic mass is 10.0. The van der Waals surface area contributed by atoms with E-state index in [4.69, 9.17) is 0 Å². The first-order valence-corrected chi connectivity index (χ1v) is 10.8. The first-order chi connectivity index (χ1) is 12.9. The zero-order valence-corrected chi connectivity index (χ0v) is 16.6. The quantitative estimate of drug-likeness (QED) is 0.854. The lowest BCUT2D eigenvalue weighted by Gasteiger charge is -2.30. The molecule has 1 fully saturated rings. The molecule has 0 bridgehead atoms. The summed E-state index contributed by atoms with van der Waals surface area (Å²) in [5.74, 6) is 0.0714. The van der Waals surface area contributed by atoms with E-state index < -0.39 is 10.0 Å². The molecule has 1 aliphatic heterocycles. The van der Waals surface area contributed by atoms with E-state index in [-0.39, 0.29) is 16.8 Å². The zero-order chi connectivity index (χ0) is 19.4. The van der Waals surface area contributed by atoms with E-state index in [9.17, 15) is 13.2 Å². The van der Waals surface area contributed by atoms with Crippen LogP contribution in [0.3, 0.4) is 0 Å². The number of hydrogen-bond donors (Lipinski definition) is 1. The lowest BCUT2D eigenvalue weighted by molar-refractivity contribution is 0.0939. The monoisotopic (exact) mass is 386 g/mol. The van der Waals surface area contributed by atoms with E-state index in [2.05, 4.69) is 12.2 Å². The number of amides is 1. The summed E-state index contributed by atoms with van der Waals surface area (Å²) < 4.78 is 27.4. The van der Waals surface area contributed by atoms with E-state index >= 15 is 0 Å². The fraction of sp³-hybridized carbons (Fsp3) is 0.381. The maximum Gasteiger partial charge on any atom is 0.251 e. The number of nitrogens with zero attached hydrogens (tertiary/aromatic N) is 1. The van der Waals surface area contributed by atoms with Gasteiger partial charge in [-0.25, -0.2) is 8.42 Å². The van der Waals surface area contributed by atoms with Gasteiger partial charge in [0.2, 0.25) is 10.0 Å². The number of piperidine rings is 1. The summed E-state index contributed by atoms with van der Waals surface area (Å²) in [5, 5.41) is 2.93. The van der Waals surface area contributed by atoms with Crippen molar-refractivity contribution in [2.45, 2.75) is 37.6 Å². The fourth-order valence-corrected chi connectivity index (χ4v) is 5.06. The Bertz CT molecular complexity index is 897. The van der Waals surface area contributed by atoms with Crippen molar-refractivity contribution in [3.8, 4) is 0 Å². The fourth-order valence-electron chi connectivity index (χ4n) is 3.42.